The number of hydrazone groups is 1. The number of halogens is 2. The van der Waals surface area contributed by atoms with Crippen LogP contribution in [0.25, 0.3) is 0 Å². The molecule has 86 valence electrons. The zero-order chi connectivity index (χ0) is 12.1. The van der Waals surface area contributed by atoms with Crippen LogP contribution in [0.1, 0.15) is 5.56 Å². The summed E-state index contributed by atoms with van der Waals surface area (Å²) in [6.45, 7) is 0. The van der Waals surface area contributed by atoms with Crippen LogP contribution in [-0.2, 0) is 0 Å². The monoisotopic (exact) mass is 413 g/mol. The molecular formula is C9H9BrIN3OS. The fourth-order valence-corrected chi connectivity index (χ4v) is 2.88. The molecule has 0 unspecified atom stereocenters. The van der Waals surface area contributed by atoms with Crippen LogP contribution in [0.2, 0.25) is 0 Å². The van der Waals surface area contributed by atoms with Gasteiger partial charge in [0.15, 0.2) is 5.11 Å². The summed E-state index contributed by atoms with van der Waals surface area (Å²) in [5, 5.41) is 4.01. The molecule has 7 heteroatoms. The van der Waals surface area contributed by atoms with Crippen LogP contribution in [-0.4, -0.2) is 18.4 Å². The van der Waals surface area contributed by atoms with Crippen molar-refractivity contribution in [3.05, 3.63) is 25.7 Å². The van der Waals surface area contributed by atoms with Gasteiger partial charge < -0.3 is 10.5 Å². The Balaban J connectivity index is 3.02. The van der Waals surface area contributed by atoms with Crippen molar-refractivity contribution in [1.82, 2.24) is 5.43 Å². The lowest BCUT2D eigenvalue weighted by molar-refractivity contribution is 0.411. The lowest BCUT2D eigenvalue weighted by atomic mass is 10.2. The molecule has 4 nitrogen and oxygen atoms in total. The molecule has 0 aliphatic carbocycles. The quantitative estimate of drug-likeness (QED) is 0.345. The number of hydrogen-bond donors (Lipinski definition) is 2. The largest absolute Gasteiger partial charge is 0.495 e. The highest BCUT2D eigenvalue weighted by molar-refractivity contribution is 14.1. The molecule has 0 heterocycles. The molecule has 0 saturated heterocycles. The van der Waals surface area contributed by atoms with Gasteiger partial charge in [0, 0.05) is 10.0 Å². The van der Waals surface area contributed by atoms with E-state index >= 15 is 0 Å². The van der Waals surface area contributed by atoms with Crippen molar-refractivity contribution in [3.8, 4) is 5.75 Å². The van der Waals surface area contributed by atoms with Crippen molar-refractivity contribution in [2.45, 2.75) is 0 Å². The van der Waals surface area contributed by atoms with Crippen LogP contribution < -0.4 is 15.9 Å². The number of thiocarbonyl (C=S) groups is 1. The van der Waals surface area contributed by atoms with Crippen LogP contribution >= 0.6 is 50.7 Å². The minimum atomic E-state index is 0.125. The molecule has 0 saturated carbocycles. The van der Waals surface area contributed by atoms with E-state index in [4.69, 9.17) is 10.5 Å². The predicted molar refractivity (Wildman–Crippen MR) is 80.9 cm³/mol. The van der Waals surface area contributed by atoms with Gasteiger partial charge in [-0.25, -0.2) is 0 Å². The SMILES string of the molecule is COc1c(I)cc(Br)cc1C=NNC(N)=S. The summed E-state index contributed by atoms with van der Waals surface area (Å²) in [4.78, 5) is 0. The van der Waals surface area contributed by atoms with E-state index in [1.54, 1.807) is 13.3 Å². The summed E-state index contributed by atoms with van der Waals surface area (Å²) in [6.07, 6.45) is 1.60. The Morgan fingerprint density at radius 3 is 2.94 bits per heavy atom. The van der Waals surface area contributed by atoms with Crippen molar-refractivity contribution in [2.75, 3.05) is 7.11 Å². The molecule has 0 fully saturated rings. The maximum absolute atomic E-state index is 5.28. The highest BCUT2D eigenvalue weighted by Crippen LogP contribution is 2.28. The van der Waals surface area contributed by atoms with Gasteiger partial charge in [-0.05, 0) is 46.9 Å². The fraction of sp³-hybridized carbons (Fsp3) is 0.111. The molecule has 0 amide bonds. The molecule has 1 aromatic carbocycles. The zero-order valence-corrected chi connectivity index (χ0v) is 12.9. The first-order valence-corrected chi connectivity index (χ1v) is 6.44. The summed E-state index contributed by atoms with van der Waals surface area (Å²) >= 11 is 10.2. The molecule has 0 aromatic heterocycles. The van der Waals surface area contributed by atoms with Crippen molar-refractivity contribution < 1.29 is 4.74 Å². The van der Waals surface area contributed by atoms with Gasteiger partial charge in [0.25, 0.3) is 0 Å². The molecule has 0 spiro atoms. The van der Waals surface area contributed by atoms with Crippen LogP contribution in [0.3, 0.4) is 0 Å². The number of rotatable bonds is 3. The third-order valence-electron chi connectivity index (χ3n) is 1.62. The maximum Gasteiger partial charge on any atom is 0.184 e. The molecule has 16 heavy (non-hydrogen) atoms. The summed E-state index contributed by atoms with van der Waals surface area (Å²) < 4.78 is 7.22. The highest BCUT2D eigenvalue weighted by atomic mass is 127. The number of ether oxygens (including phenoxy) is 1. The van der Waals surface area contributed by atoms with Gasteiger partial charge in [-0.2, -0.15) is 5.10 Å². The lowest BCUT2D eigenvalue weighted by Gasteiger charge is -2.07. The van der Waals surface area contributed by atoms with Crippen LogP contribution in [0.4, 0.5) is 0 Å². The van der Waals surface area contributed by atoms with E-state index in [0.29, 0.717) is 0 Å². The Morgan fingerprint density at radius 1 is 1.69 bits per heavy atom. The third-order valence-corrected chi connectivity index (χ3v) is 2.97. The number of methoxy groups -OCH3 is 1. The number of nitrogens with zero attached hydrogens (tertiary/aromatic N) is 1. The van der Waals surface area contributed by atoms with E-state index in [0.717, 1.165) is 19.4 Å². The summed E-state index contributed by atoms with van der Waals surface area (Å²) in [6, 6.07) is 3.85. The highest BCUT2D eigenvalue weighted by Gasteiger charge is 2.07. The van der Waals surface area contributed by atoms with Crippen LogP contribution in [0.15, 0.2) is 21.7 Å². The molecule has 0 aliphatic rings. The Hall–Kier alpha value is -0.410. The van der Waals surface area contributed by atoms with Crippen LogP contribution in [0, 0.1) is 3.57 Å². The van der Waals surface area contributed by atoms with Gasteiger partial charge in [-0.15, -0.1) is 0 Å². The number of nitrogens with one attached hydrogen (secondary N) is 1. The molecule has 1 aromatic rings. The molecule has 0 aliphatic heterocycles. The van der Waals surface area contributed by atoms with Gasteiger partial charge in [-0.1, -0.05) is 15.9 Å². The predicted octanol–water partition coefficient (Wildman–Crippen LogP) is 2.23. The number of benzene rings is 1. The second-order valence-corrected chi connectivity index (χ2v) is 5.26. The van der Waals surface area contributed by atoms with Crippen LogP contribution in [0.5, 0.6) is 5.75 Å². The van der Waals surface area contributed by atoms with Crippen molar-refractivity contribution in [1.29, 1.82) is 0 Å². The third kappa shape index (κ3) is 3.87. The van der Waals surface area contributed by atoms with Gasteiger partial charge in [0.1, 0.15) is 5.75 Å². The Kier molecular flexibility index (Phi) is 5.42. The Bertz CT molecular complexity index is 439. The second kappa shape index (κ2) is 6.36. The molecule has 0 bridgehead atoms. The minimum absolute atomic E-state index is 0.125. The zero-order valence-electron chi connectivity index (χ0n) is 8.33. The summed E-state index contributed by atoms with van der Waals surface area (Å²) in [7, 11) is 1.61. The average Bonchev–Trinajstić information content (AvgIpc) is 2.16. The van der Waals surface area contributed by atoms with Gasteiger partial charge in [-0.3, -0.25) is 5.43 Å². The Labute approximate surface area is 121 Å². The second-order valence-electron chi connectivity index (χ2n) is 2.74. The van der Waals surface area contributed by atoms with Gasteiger partial charge >= 0.3 is 0 Å². The van der Waals surface area contributed by atoms with E-state index < -0.39 is 0 Å². The van der Waals surface area contributed by atoms with E-state index in [-0.39, 0.29) is 5.11 Å². The van der Waals surface area contributed by atoms with Gasteiger partial charge in [0.2, 0.25) is 0 Å². The molecule has 3 N–H and O–H groups in total. The first-order chi connectivity index (χ1) is 7.54. The first-order valence-electron chi connectivity index (χ1n) is 4.16. The molecule has 0 atom stereocenters. The molecular weight excluding hydrogens is 405 g/mol. The summed E-state index contributed by atoms with van der Waals surface area (Å²) in [5.41, 5.74) is 8.58. The van der Waals surface area contributed by atoms with E-state index in [1.807, 2.05) is 12.1 Å². The standard InChI is InChI=1S/C9H9BrIN3OS/c1-15-8-5(4-13-14-9(12)16)2-6(10)3-7(8)11/h2-4H,1H3,(H3,12,14,16). The van der Waals surface area contributed by atoms with Gasteiger partial charge in [0.05, 0.1) is 16.9 Å². The first kappa shape index (κ1) is 13.7. The molecule has 1 rings (SSSR count). The smallest absolute Gasteiger partial charge is 0.184 e. The Morgan fingerprint density at radius 2 is 2.38 bits per heavy atom. The van der Waals surface area contributed by atoms with E-state index in [2.05, 4.69) is 61.3 Å². The summed E-state index contributed by atoms with van der Waals surface area (Å²) in [5.74, 6) is 0.761. The lowest BCUT2D eigenvalue weighted by Crippen LogP contribution is -2.24. The number of nitrogens with two attached hydrogens (primary N) is 1. The normalized spacial score (nSPS) is 10.4. The van der Waals surface area contributed by atoms with Crippen molar-refractivity contribution >= 4 is 62.1 Å². The fourth-order valence-electron chi connectivity index (χ4n) is 1.06. The molecule has 0 radical (unpaired) electrons. The topological polar surface area (TPSA) is 59.6 Å². The minimum Gasteiger partial charge on any atom is -0.495 e. The van der Waals surface area contributed by atoms with E-state index in [9.17, 15) is 0 Å². The number of hydrogen-bond acceptors (Lipinski definition) is 3. The van der Waals surface area contributed by atoms with E-state index in [1.165, 1.54) is 0 Å². The average molecular weight is 414 g/mol. The maximum atomic E-state index is 5.28. The van der Waals surface area contributed by atoms with Crippen molar-refractivity contribution in [2.24, 2.45) is 10.8 Å². The van der Waals surface area contributed by atoms with Crippen molar-refractivity contribution in [3.63, 3.8) is 0 Å².